The van der Waals surface area contributed by atoms with Crippen molar-refractivity contribution in [3.8, 4) is 16.9 Å². The lowest BCUT2D eigenvalue weighted by molar-refractivity contribution is -0.193. The summed E-state index contributed by atoms with van der Waals surface area (Å²) in [7, 11) is 0. The summed E-state index contributed by atoms with van der Waals surface area (Å²) in [6, 6.07) is 12.6. The van der Waals surface area contributed by atoms with Crippen LogP contribution in [0, 0.1) is 5.92 Å². The molecule has 1 aromatic heterocycles. The van der Waals surface area contributed by atoms with E-state index in [1.165, 1.54) is 12.8 Å². The Morgan fingerprint density at radius 3 is 2.49 bits per heavy atom. The van der Waals surface area contributed by atoms with Crippen LogP contribution in [0.2, 0.25) is 5.02 Å². The van der Waals surface area contributed by atoms with E-state index in [9.17, 15) is 22.8 Å². The molecule has 1 fully saturated rings. The maximum Gasteiger partial charge on any atom is 0.491 e. The molecule has 4 rings (SSSR count). The molecule has 0 unspecified atom stereocenters. The number of carbonyl (C=O) groups is 2. The zero-order valence-corrected chi connectivity index (χ0v) is 19.7. The molecule has 0 radical (unpaired) electrons. The number of ether oxygens (including phenoxy) is 2. The summed E-state index contributed by atoms with van der Waals surface area (Å²) in [5, 5.41) is 10.1. The van der Waals surface area contributed by atoms with Gasteiger partial charge in [0.1, 0.15) is 5.75 Å². The lowest BCUT2D eigenvalue weighted by atomic mass is 10.0. The number of aromatic nitrogens is 3. The van der Waals surface area contributed by atoms with Gasteiger partial charge in [-0.2, -0.15) is 18.4 Å². The van der Waals surface area contributed by atoms with Crippen molar-refractivity contribution in [1.29, 1.82) is 0 Å². The topological polar surface area (TPSA) is 94.2 Å². The fraction of sp³-hybridized carbons (Fsp3) is 0.304. The van der Waals surface area contributed by atoms with Gasteiger partial charge < -0.3 is 9.47 Å². The van der Waals surface area contributed by atoms with E-state index in [2.05, 4.69) is 20.1 Å². The van der Waals surface area contributed by atoms with Gasteiger partial charge in [0, 0.05) is 15.5 Å². The molecule has 2 aromatic carbocycles. The highest BCUT2D eigenvalue weighted by molar-refractivity contribution is 7.99. The number of nitrogens with one attached hydrogen (secondary N) is 1. The maximum atomic E-state index is 12.4. The molecular weight excluding hydrogens is 507 g/mol. The van der Waals surface area contributed by atoms with Crippen LogP contribution >= 0.6 is 23.4 Å². The Bertz CT molecular complexity index is 1210. The van der Waals surface area contributed by atoms with Crippen LogP contribution in [0.4, 0.5) is 13.2 Å². The van der Waals surface area contributed by atoms with Crippen LogP contribution in [0.1, 0.15) is 36.2 Å². The van der Waals surface area contributed by atoms with Gasteiger partial charge in [-0.25, -0.2) is 9.59 Å². The second kappa shape index (κ2) is 10.7. The first-order valence-electron chi connectivity index (χ1n) is 10.7. The second-order valence-electron chi connectivity index (χ2n) is 7.88. The average molecular weight is 526 g/mol. The first-order chi connectivity index (χ1) is 16.7. The molecule has 1 aliphatic carbocycles. The number of hydrogen-bond acceptors (Lipinski definition) is 7. The summed E-state index contributed by atoms with van der Waals surface area (Å²) >= 11 is 6.98. The monoisotopic (exact) mass is 525 g/mol. The minimum atomic E-state index is -5.31. The minimum absolute atomic E-state index is 0.0500. The van der Waals surface area contributed by atoms with E-state index in [-0.39, 0.29) is 5.03 Å². The van der Waals surface area contributed by atoms with Crippen molar-refractivity contribution >= 4 is 35.3 Å². The molecule has 7 nitrogen and oxygen atoms in total. The standard InChI is InChI=1S/C23H19ClF3N3O4S/c24-15-7-5-14(6-8-15)17-10-9-16(11-18(17)33-12-13-3-1-2-4-13)35-20-19(28-30-29-20)21(31)34-22(32)23(25,26)27/h5-11,13H,1-4,12H2,(H,28,29,30). The van der Waals surface area contributed by atoms with Crippen molar-refractivity contribution < 1.29 is 32.2 Å². The van der Waals surface area contributed by atoms with Crippen molar-refractivity contribution in [3.05, 3.63) is 53.2 Å². The highest BCUT2D eigenvalue weighted by Gasteiger charge is 2.43. The number of halogens is 4. The Balaban J connectivity index is 1.57. The molecule has 1 N–H and O–H groups in total. The maximum absolute atomic E-state index is 12.4. The highest BCUT2D eigenvalue weighted by atomic mass is 35.5. The van der Waals surface area contributed by atoms with Crippen molar-refractivity contribution in [2.45, 2.75) is 41.8 Å². The minimum Gasteiger partial charge on any atom is -0.493 e. The number of rotatable bonds is 7. The fourth-order valence-electron chi connectivity index (χ4n) is 3.67. The Kier molecular flexibility index (Phi) is 7.66. The largest absolute Gasteiger partial charge is 0.493 e. The molecule has 0 atom stereocenters. The molecule has 12 heteroatoms. The lowest BCUT2D eigenvalue weighted by Crippen LogP contribution is -2.28. The molecule has 184 valence electrons. The van der Waals surface area contributed by atoms with E-state index in [0.717, 1.165) is 35.7 Å². The van der Waals surface area contributed by atoms with Crippen LogP contribution in [0.25, 0.3) is 11.1 Å². The Morgan fingerprint density at radius 2 is 1.80 bits per heavy atom. The third kappa shape index (κ3) is 6.34. The number of carbonyl (C=O) groups excluding carboxylic acids is 2. The molecule has 1 saturated carbocycles. The van der Waals surface area contributed by atoms with Crippen molar-refractivity contribution in [2.24, 2.45) is 5.92 Å². The molecule has 0 aliphatic heterocycles. The zero-order chi connectivity index (χ0) is 25.0. The predicted molar refractivity (Wildman–Crippen MR) is 121 cm³/mol. The van der Waals surface area contributed by atoms with Gasteiger partial charge in [0.15, 0.2) is 5.03 Å². The number of benzene rings is 2. The molecule has 1 heterocycles. The van der Waals surface area contributed by atoms with Gasteiger partial charge in [-0.15, -0.1) is 10.2 Å². The lowest BCUT2D eigenvalue weighted by Gasteiger charge is -2.16. The molecule has 0 amide bonds. The molecule has 0 spiro atoms. The van der Waals surface area contributed by atoms with Crippen LogP contribution in [0.5, 0.6) is 5.75 Å². The van der Waals surface area contributed by atoms with Crippen molar-refractivity contribution in [2.75, 3.05) is 6.61 Å². The van der Waals surface area contributed by atoms with Gasteiger partial charge in [-0.1, -0.05) is 48.3 Å². The third-order valence-corrected chi connectivity index (χ3v) is 6.62. The summed E-state index contributed by atoms with van der Waals surface area (Å²) in [4.78, 5) is 23.6. The van der Waals surface area contributed by atoms with E-state index in [1.54, 1.807) is 24.3 Å². The molecule has 0 bridgehead atoms. The van der Waals surface area contributed by atoms with Gasteiger partial charge in [0.25, 0.3) is 0 Å². The quantitative estimate of drug-likeness (QED) is 0.294. The van der Waals surface area contributed by atoms with Crippen molar-refractivity contribution in [1.82, 2.24) is 15.4 Å². The van der Waals surface area contributed by atoms with Gasteiger partial charge in [0.2, 0.25) is 5.69 Å². The summed E-state index contributed by atoms with van der Waals surface area (Å²) in [6.45, 7) is 0.551. The summed E-state index contributed by atoms with van der Waals surface area (Å²) < 4.78 is 47.3. The molecular formula is C23H19ClF3N3O4S. The SMILES string of the molecule is O=C(OC(=O)C(F)(F)F)c1n[nH]nc1Sc1ccc(-c2ccc(Cl)cc2)c(OCC2CCCC2)c1. The van der Waals surface area contributed by atoms with Gasteiger partial charge in [-0.3, -0.25) is 0 Å². The zero-order valence-electron chi connectivity index (χ0n) is 18.1. The van der Waals surface area contributed by atoms with Crippen LogP contribution in [0.3, 0.4) is 0 Å². The number of H-pyrrole nitrogens is 1. The molecule has 3 aromatic rings. The van der Waals surface area contributed by atoms with E-state index < -0.39 is 23.8 Å². The predicted octanol–water partition coefficient (Wildman–Crippen LogP) is 6.09. The first-order valence-corrected chi connectivity index (χ1v) is 11.8. The summed E-state index contributed by atoms with van der Waals surface area (Å²) in [5.41, 5.74) is 1.19. The number of hydrogen-bond donors (Lipinski definition) is 1. The van der Waals surface area contributed by atoms with Crippen LogP contribution in [-0.2, 0) is 9.53 Å². The highest BCUT2D eigenvalue weighted by Crippen LogP contribution is 2.38. The van der Waals surface area contributed by atoms with E-state index in [1.807, 2.05) is 18.2 Å². The van der Waals surface area contributed by atoms with E-state index in [4.69, 9.17) is 16.3 Å². The van der Waals surface area contributed by atoms with Gasteiger partial charge >= 0.3 is 18.1 Å². The molecule has 0 saturated heterocycles. The third-order valence-electron chi connectivity index (χ3n) is 5.40. The van der Waals surface area contributed by atoms with Crippen LogP contribution in [-0.4, -0.2) is 40.1 Å². The van der Waals surface area contributed by atoms with Gasteiger partial charge in [-0.05, 0) is 54.7 Å². The number of nitrogens with zero attached hydrogens (tertiary/aromatic N) is 2. The smallest absolute Gasteiger partial charge is 0.491 e. The average Bonchev–Trinajstić information content (AvgIpc) is 3.50. The van der Waals surface area contributed by atoms with Crippen LogP contribution < -0.4 is 4.74 Å². The molecule has 35 heavy (non-hydrogen) atoms. The normalized spacial score (nSPS) is 14.2. The summed E-state index contributed by atoms with van der Waals surface area (Å²) in [6.07, 6.45) is -0.751. The first kappa shape index (κ1) is 25.1. The summed E-state index contributed by atoms with van der Waals surface area (Å²) in [5.74, 6) is -3.12. The van der Waals surface area contributed by atoms with Crippen molar-refractivity contribution in [3.63, 3.8) is 0 Å². The fourth-order valence-corrected chi connectivity index (χ4v) is 4.63. The Hall–Kier alpha value is -3.05. The Labute approximate surface area is 207 Å². The number of esters is 2. The Morgan fingerprint density at radius 1 is 1.09 bits per heavy atom. The van der Waals surface area contributed by atoms with Gasteiger partial charge in [0.05, 0.1) is 6.61 Å². The van der Waals surface area contributed by atoms with E-state index in [0.29, 0.717) is 28.2 Å². The number of alkyl halides is 3. The van der Waals surface area contributed by atoms with E-state index >= 15 is 0 Å². The number of aromatic amines is 1. The van der Waals surface area contributed by atoms with Crippen LogP contribution in [0.15, 0.2) is 52.4 Å². The molecule has 1 aliphatic rings. The second-order valence-corrected chi connectivity index (χ2v) is 9.38.